The summed E-state index contributed by atoms with van der Waals surface area (Å²) in [6.07, 6.45) is 1.80. The first-order valence-corrected chi connectivity index (χ1v) is 11.7. The lowest BCUT2D eigenvalue weighted by atomic mass is 10.0. The molecule has 168 valence electrons. The van der Waals surface area contributed by atoms with Crippen molar-refractivity contribution < 1.29 is 12.8 Å². The number of hydrogen-bond acceptors (Lipinski definition) is 6. The number of sulfonamides is 1. The molecule has 0 amide bonds. The third kappa shape index (κ3) is 5.83. The molecule has 4 N–H and O–H groups in total. The summed E-state index contributed by atoms with van der Waals surface area (Å²) in [6, 6.07) is 21.8. The van der Waals surface area contributed by atoms with Gasteiger partial charge in [-0.15, -0.1) is 0 Å². The minimum absolute atomic E-state index is 0.0128. The maximum Gasteiger partial charge on any atom is 0.239 e. The van der Waals surface area contributed by atoms with Gasteiger partial charge in [0.25, 0.3) is 0 Å². The van der Waals surface area contributed by atoms with Crippen molar-refractivity contribution in [1.29, 1.82) is 0 Å². The second-order valence-electron chi connectivity index (χ2n) is 7.19. The molecule has 1 aromatic heterocycles. The molecule has 4 rings (SSSR count). The Bertz CT molecular complexity index is 1380. The Morgan fingerprint density at radius 3 is 2.27 bits per heavy atom. The number of nitrogens with one attached hydrogen (secondary N) is 2. The van der Waals surface area contributed by atoms with E-state index in [1.165, 1.54) is 23.8 Å². The van der Waals surface area contributed by atoms with Gasteiger partial charge < -0.3 is 10.6 Å². The van der Waals surface area contributed by atoms with Crippen LogP contribution in [0.1, 0.15) is 11.1 Å². The van der Waals surface area contributed by atoms with E-state index in [1.807, 2.05) is 42.5 Å². The van der Waals surface area contributed by atoms with Crippen molar-refractivity contribution in [3.05, 3.63) is 101 Å². The van der Waals surface area contributed by atoms with Crippen LogP contribution in [0.2, 0.25) is 5.02 Å². The fraction of sp³-hybridized carbons (Fsp3) is 0.0435. The molecule has 0 fully saturated rings. The minimum atomic E-state index is -4.01. The lowest BCUT2D eigenvalue weighted by molar-refractivity contribution is 0.598. The van der Waals surface area contributed by atoms with E-state index < -0.39 is 15.8 Å². The molecule has 0 bridgehead atoms. The van der Waals surface area contributed by atoms with Crippen LogP contribution < -0.4 is 15.8 Å². The Labute approximate surface area is 195 Å². The van der Waals surface area contributed by atoms with Gasteiger partial charge in [-0.1, -0.05) is 54.1 Å². The van der Waals surface area contributed by atoms with Crippen LogP contribution in [0, 0.1) is 5.82 Å². The number of benzene rings is 3. The van der Waals surface area contributed by atoms with E-state index in [0.29, 0.717) is 11.4 Å². The van der Waals surface area contributed by atoms with Crippen LogP contribution in [0.5, 0.6) is 0 Å². The van der Waals surface area contributed by atoms with E-state index in [0.717, 1.165) is 18.2 Å². The second-order valence-corrected chi connectivity index (χ2v) is 9.13. The van der Waals surface area contributed by atoms with Gasteiger partial charge in [0, 0.05) is 11.4 Å². The monoisotopic (exact) mass is 483 g/mol. The molecule has 0 saturated carbocycles. The molecule has 0 aliphatic rings. The van der Waals surface area contributed by atoms with Gasteiger partial charge in [-0.3, -0.25) is 0 Å². The van der Waals surface area contributed by atoms with Crippen molar-refractivity contribution in [3.63, 3.8) is 0 Å². The van der Waals surface area contributed by atoms with Crippen molar-refractivity contribution >= 4 is 44.8 Å². The maximum atomic E-state index is 14.3. The minimum Gasteiger partial charge on any atom is -0.338 e. The first kappa shape index (κ1) is 22.7. The second kappa shape index (κ2) is 9.53. The zero-order chi connectivity index (χ0) is 23.4. The number of primary sulfonamides is 1. The van der Waals surface area contributed by atoms with Crippen molar-refractivity contribution in [3.8, 4) is 0 Å². The van der Waals surface area contributed by atoms with Crippen LogP contribution in [0.4, 0.5) is 27.5 Å². The number of anilines is 4. The van der Waals surface area contributed by atoms with E-state index in [4.69, 9.17) is 16.7 Å². The Morgan fingerprint density at radius 1 is 0.909 bits per heavy atom. The predicted octanol–water partition coefficient (Wildman–Crippen LogP) is 4.99. The predicted molar refractivity (Wildman–Crippen MR) is 127 cm³/mol. The Kier molecular flexibility index (Phi) is 6.55. The average Bonchev–Trinajstić information content (AvgIpc) is 2.78. The van der Waals surface area contributed by atoms with Crippen LogP contribution in [-0.4, -0.2) is 18.4 Å². The Balaban J connectivity index is 1.50. The number of rotatable bonds is 7. The molecule has 7 nitrogen and oxygen atoms in total. The molecule has 33 heavy (non-hydrogen) atoms. The lowest BCUT2D eigenvalue weighted by Crippen LogP contribution is -2.13. The molecule has 10 heteroatoms. The molecule has 0 saturated heterocycles. The Morgan fingerprint density at radius 2 is 1.58 bits per heavy atom. The molecular formula is C23H19ClFN5O2S. The van der Waals surface area contributed by atoms with Crippen LogP contribution >= 0.6 is 11.6 Å². The standard InChI is InChI=1S/C23H19ClFN5O2S/c24-19-11-10-18(13-21(19)33(26,31)32)29-23-27-14-20(25)22(30-23)28-17-8-6-16(7-9-17)12-15-4-2-1-3-5-15/h1-11,13-14H,12H2,(H2,26,31,32)(H2,27,28,29,30). The highest BCUT2D eigenvalue weighted by Crippen LogP contribution is 2.26. The van der Waals surface area contributed by atoms with Gasteiger partial charge in [0.1, 0.15) is 4.90 Å². The fourth-order valence-electron chi connectivity index (χ4n) is 3.12. The number of aromatic nitrogens is 2. The van der Waals surface area contributed by atoms with Crippen LogP contribution in [0.15, 0.2) is 83.9 Å². The van der Waals surface area contributed by atoms with Crippen LogP contribution in [0.3, 0.4) is 0 Å². The van der Waals surface area contributed by atoms with Crippen molar-refractivity contribution in [2.75, 3.05) is 10.6 Å². The van der Waals surface area contributed by atoms with E-state index in [2.05, 4.69) is 32.7 Å². The summed E-state index contributed by atoms with van der Waals surface area (Å²) >= 11 is 5.90. The topological polar surface area (TPSA) is 110 Å². The summed E-state index contributed by atoms with van der Waals surface area (Å²) in [7, 11) is -4.01. The summed E-state index contributed by atoms with van der Waals surface area (Å²) in [5.41, 5.74) is 3.29. The summed E-state index contributed by atoms with van der Waals surface area (Å²) in [6.45, 7) is 0. The number of nitrogens with two attached hydrogens (primary N) is 1. The van der Waals surface area contributed by atoms with Crippen LogP contribution in [0.25, 0.3) is 0 Å². The van der Waals surface area contributed by atoms with Crippen molar-refractivity contribution in [2.24, 2.45) is 5.14 Å². The molecule has 0 aliphatic carbocycles. The molecule has 0 spiro atoms. The van der Waals surface area contributed by atoms with E-state index in [9.17, 15) is 12.8 Å². The Hall–Kier alpha value is -3.53. The van der Waals surface area contributed by atoms with E-state index >= 15 is 0 Å². The van der Waals surface area contributed by atoms with Gasteiger partial charge in [-0.25, -0.2) is 22.9 Å². The van der Waals surface area contributed by atoms with Gasteiger partial charge in [-0.05, 0) is 47.9 Å². The SMILES string of the molecule is NS(=O)(=O)c1cc(Nc2ncc(F)c(Nc3ccc(Cc4ccccc4)cc3)n2)ccc1Cl. The van der Waals surface area contributed by atoms with E-state index in [1.54, 1.807) is 0 Å². The van der Waals surface area contributed by atoms with E-state index in [-0.39, 0.29) is 21.7 Å². The fourth-order valence-corrected chi connectivity index (χ4v) is 4.19. The first-order valence-electron chi connectivity index (χ1n) is 9.80. The smallest absolute Gasteiger partial charge is 0.239 e. The number of nitrogens with zero attached hydrogens (tertiary/aromatic N) is 2. The van der Waals surface area contributed by atoms with Gasteiger partial charge in [0.15, 0.2) is 11.6 Å². The highest BCUT2D eigenvalue weighted by Gasteiger charge is 2.15. The summed E-state index contributed by atoms with van der Waals surface area (Å²) < 4.78 is 37.6. The molecule has 4 aromatic rings. The highest BCUT2D eigenvalue weighted by atomic mass is 35.5. The van der Waals surface area contributed by atoms with Gasteiger partial charge in [-0.2, -0.15) is 4.98 Å². The quantitative estimate of drug-likeness (QED) is 0.341. The summed E-state index contributed by atoms with van der Waals surface area (Å²) in [5.74, 6) is -0.624. The summed E-state index contributed by atoms with van der Waals surface area (Å²) in [5, 5.41) is 10.9. The van der Waals surface area contributed by atoms with Gasteiger partial charge >= 0.3 is 0 Å². The maximum absolute atomic E-state index is 14.3. The average molecular weight is 484 g/mol. The van der Waals surface area contributed by atoms with Crippen molar-refractivity contribution in [2.45, 2.75) is 11.3 Å². The molecule has 0 unspecified atom stereocenters. The molecule has 0 radical (unpaired) electrons. The third-order valence-corrected chi connectivity index (χ3v) is 6.10. The van der Waals surface area contributed by atoms with Crippen molar-refractivity contribution in [1.82, 2.24) is 9.97 Å². The normalized spacial score (nSPS) is 11.2. The molecular weight excluding hydrogens is 465 g/mol. The molecule has 0 aliphatic heterocycles. The largest absolute Gasteiger partial charge is 0.338 e. The zero-order valence-electron chi connectivity index (χ0n) is 17.2. The first-order chi connectivity index (χ1) is 15.8. The summed E-state index contributed by atoms with van der Waals surface area (Å²) in [4.78, 5) is 7.80. The third-order valence-electron chi connectivity index (χ3n) is 4.71. The molecule has 0 atom stereocenters. The zero-order valence-corrected chi connectivity index (χ0v) is 18.7. The lowest BCUT2D eigenvalue weighted by Gasteiger charge is -2.11. The number of halogens is 2. The van der Waals surface area contributed by atoms with Gasteiger partial charge in [0.05, 0.1) is 11.2 Å². The van der Waals surface area contributed by atoms with Crippen LogP contribution in [-0.2, 0) is 16.4 Å². The molecule has 1 heterocycles. The molecule has 3 aromatic carbocycles. The highest BCUT2D eigenvalue weighted by molar-refractivity contribution is 7.89. The number of hydrogen-bond donors (Lipinski definition) is 3. The van der Waals surface area contributed by atoms with Gasteiger partial charge in [0.2, 0.25) is 16.0 Å².